The number of nitro benzene ring substituents is 1. The maximum atomic E-state index is 13.3. The van der Waals surface area contributed by atoms with Crippen LogP contribution >= 0.6 is 0 Å². The van der Waals surface area contributed by atoms with Crippen LogP contribution in [0.15, 0.2) is 72.8 Å². The molecule has 0 saturated carbocycles. The van der Waals surface area contributed by atoms with Crippen molar-refractivity contribution >= 4 is 15.5 Å². The first-order valence-corrected chi connectivity index (χ1v) is 12.3. The Morgan fingerprint density at radius 1 is 1.06 bits per heavy atom. The standard InChI is InChI=1S/C26H27FN4O2.Mo/c27-23-8-6-20(7-9-23)16-26-17-21-4-1-2-5-22(21)18-30(26)15-3-14-28-19-29-24-10-12-25(13-11-24)31(32)33;/h1-2,4-13,26,28-29H,3,14-18H2;. The molecular formula is C26H27FMoN4O2. The number of hydrogen-bond acceptors (Lipinski definition) is 5. The molecule has 2 N–H and O–H groups in total. The van der Waals surface area contributed by atoms with Crippen molar-refractivity contribution in [3.8, 4) is 0 Å². The van der Waals surface area contributed by atoms with Gasteiger partial charge in [0.2, 0.25) is 0 Å². The summed E-state index contributed by atoms with van der Waals surface area (Å²) in [6.07, 6.45) is 2.87. The van der Waals surface area contributed by atoms with E-state index in [4.69, 9.17) is 0 Å². The van der Waals surface area contributed by atoms with Gasteiger partial charge in [-0.2, -0.15) is 0 Å². The summed E-state index contributed by atoms with van der Waals surface area (Å²) in [5, 5.41) is 17.4. The third-order valence-corrected chi connectivity index (χ3v) is 6.70. The third kappa shape index (κ3) is 6.66. The quantitative estimate of drug-likeness (QED) is 0.172. The van der Waals surface area contributed by atoms with E-state index in [9.17, 15) is 14.5 Å². The molecule has 1 unspecified atom stereocenters. The minimum absolute atomic E-state index is 0.0790. The van der Waals surface area contributed by atoms with E-state index < -0.39 is 4.92 Å². The first-order valence-electron chi connectivity index (χ1n) is 11.3. The third-order valence-electron chi connectivity index (χ3n) is 6.09. The Hall–Kier alpha value is -2.73. The van der Waals surface area contributed by atoms with Crippen LogP contribution in [0.3, 0.4) is 0 Å². The van der Waals surface area contributed by atoms with Crippen LogP contribution in [-0.4, -0.2) is 33.1 Å². The van der Waals surface area contributed by atoms with Gasteiger partial charge in [0.25, 0.3) is 0 Å². The zero-order valence-corrected chi connectivity index (χ0v) is 20.8. The molecule has 0 aromatic heterocycles. The van der Waals surface area contributed by atoms with E-state index in [1.165, 1.54) is 35.4 Å². The van der Waals surface area contributed by atoms with Gasteiger partial charge in [-0.3, -0.25) is 0 Å². The number of non-ortho nitro benzene ring substituents is 1. The van der Waals surface area contributed by atoms with Crippen LogP contribution < -0.4 is 10.6 Å². The van der Waals surface area contributed by atoms with Crippen LogP contribution in [0.4, 0.5) is 15.8 Å². The van der Waals surface area contributed by atoms with E-state index in [0.717, 1.165) is 54.3 Å². The molecule has 0 spiro atoms. The van der Waals surface area contributed by atoms with E-state index in [1.54, 1.807) is 12.1 Å². The van der Waals surface area contributed by atoms with Crippen molar-refractivity contribution in [3.63, 3.8) is 0 Å². The SMILES string of the molecule is O=[N+]([O-])c1ccc(N[C](=[Mo])NCCCN2Cc3ccccc3CC2Cc2ccc(F)cc2)cc1. The summed E-state index contributed by atoms with van der Waals surface area (Å²) >= 11 is 1.87. The molecule has 0 aliphatic carbocycles. The molecular weight excluding hydrogens is 515 g/mol. The van der Waals surface area contributed by atoms with Crippen LogP contribution in [0.5, 0.6) is 0 Å². The molecule has 0 fully saturated rings. The Labute approximate surface area is 209 Å². The number of rotatable bonds is 10. The van der Waals surface area contributed by atoms with E-state index in [1.807, 2.05) is 31.5 Å². The second kappa shape index (κ2) is 11.6. The van der Waals surface area contributed by atoms with Crippen LogP contribution in [0.2, 0.25) is 0 Å². The zero-order valence-electron chi connectivity index (χ0n) is 18.7. The maximum absolute atomic E-state index is 13.3. The topological polar surface area (TPSA) is 70.4 Å². The van der Waals surface area contributed by atoms with Crippen molar-refractivity contribution in [1.29, 1.82) is 0 Å². The molecule has 3 aromatic carbocycles. The first kappa shape index (κ1) is 24.4. The number of nitrogens with one attached hydrogen (secondary N) is 2. The van der Waals surface area contributed by atoms with Crippen molar-refractivity contribution < 1.29 is 28.7 Å². The fourth-order valence-electron chi connectivity index (χ4n) is 4.32. The summed E-state index contributed by atoms with van der Waals surface area (Å²) in [5.74, 6) is -0.199. The normalized spacial score (nSPS) is 15.5. The van der Waals surface area contributed by atoms with E-state index >= 15 is 0 Å². The fraction of sp³-hybridized carbons (Fsp3) is 0.269. The summed E-state index contributed by atoms with van der Waals surface area (Å²) in [5.41, 5.74) is 4.83. The summed E-state index contributed by atoms with van der Waals surface area (Å²) in [6, 6.07) is 22.3. The van der Waals surface area contributed by atoms with Crippen molar-refractivity contribution in [2.75, 3.05) is 18.4 Å². The first-order chi connectivity index (χ1) is 16.5. The molecule has 6 nitrogen and oxygen atoms in total. The van der Waals surface area contributed by atoms with Gasteiger partial charge in [0, 0.05) is 0 Å². The molecule has 1 heterocycles. The minimum atomic E-state index is -0.401. The Morgan fingerprint density at radius 2 is 1.76 bits per heavy atom. The van der Waals surface area contributed by atoms with Gasteiger partial charge in [0.05, 0.1) is 0 Å². The monoisotopic (exact) mass is 544 g/mol. The second-order valence-corrected chi connectivity index (χ2v) is 9.47. The van der Waals surface area contributed by atoms with E-state index in [0.29, 0.717) is 6.04 Å². The predicted molar refractivity (Wildman–Crippen MR) is 129 cm³/mol. The van der Waals surface area contributed by atoms with Crippen molar-refractivity contribution in [1.82, 2.24) is 10.2 Å². The molecule has 0 bridgehead atoms. The summed E-state index contributed by atoms with van der Waals surface area (Å²) in [6.45, 7) is 2.70. The number of nitrogens with zero attached hydrogens (tertiary/aromatic N) is 2. The Balaban J connectivity index is 1.30. The summed E-state index contributed by atoms with van der Waals surface area (Å²) < 4.78 is 14.3. The van der Waals surface area contributed by atoms with Crippen LogP contribution in [-0.2, 0) is 38.7 Å². The van der Waals surface area contributed by atoms with Gasteiger partial charge in [0.15, 0.2) is 0 Å². The predicted octanol–water partition coefficient (Wildman–Crippen LogP) is 4.43. The van der Waals surface area contributed by atoms with Gasteiger partial charge >= 0.3 is 206 Å². The molecule has 1 atom stereocenters. The Kier molecular flexibility index (Phi) is 8.33. The molecule has 8 heteroatoms. The molecule has 1 aliphatic heterocycles. The van der Waals surface area contributed by atoms with Crippen molar-refractivity contribution in [3.05, 3.63) is 105 Å². The average molecular weight is 542 g/mol. The van der Waals surface area contributed by atoms with Gasteiger partial charge in [-0.15, -0.1) is 0 Å². The summed E-state index contributed by atoms with van der Waals surface area (Å²) in [4.78, 5) is 12.9. The molecule has 1 aliphatic rings. The van der Waals surface area contributed by atoms with Crippen LogP contribution in [0, 0.1) is 15.9 Å². The average Bonchev–Trinajstić information content (AvgIpc) is 2.83. The molecule has 3 aromatic rings. The number of hydrogen-bond donors (Lipinski definition) is 2. The zero-order chi connectivity index (χ0) is 23.9. The van der Waals surface area contributed by atoms with Crippen LogP contribution in [0.1, 0.15) is 23.1 Å². The van der Waals surface area contributed by atoms with Crippen molar-refractivity contribution in [2.24, 2.45) is 0 Å². The molecule has 34 heavy (non-hydrogen) atoms. The number of nitro groups is 1. The second-order valence-electron chi connectivity index (χ2n) is 8.47. The van der Waals surface area contributed by atoms with Gasteiger partial charge in [-0.1, -0.05) is 0 Å². The Morgan fingerprint density at radius 3 is 2.47 bits per heavy atom. The van der Waals surface area contributed by atoms with E-state index in [-0.39, 0.29) is 11.5 Å². The molecule has 0 saturated heterocycles. The molecule has 0 amide bonds. The van der Waals surface area contributed by atoms with Crippen molar-refractivity contribution in [2.45, 2.75) is 31.8 Å². The van der Waals surface area contributed by atoms with E-state index in [2.05, 4.69) is 39.8 Å². The Bertz CT molecular complexity index is 1140. The summed E-state index contributed by atoms with van der Waals surface area (Å²) in [7, 11) is 0. The number of fused-ring (bicyclic) bond motifs is 1. The fourth-order valence-corrected chi connectivity index (χ4v) is 4.86. The van der Waals surface area contributed by atoms with Crippen LogP contribution in [0.25, 0.3) is 0 Å². The van der Waals surface area contributed by atoms with Gasteiger partial charge in [-0.25, -0.2) is 4.39 Å². The molecule has 176 valence electrons. The number of benzene rings is 3. The van der Waals surface area contributed by atoms with Gasteiger partial charge in [-0.05, 0) is 0 Å². The molecule has 4 rings (SSSR count). The number of anilines is 1. The van der Waals surface area contributed by atoms with Gasteiger partial charge in [0.1, 0.15) is 0 Å². The number of halogens is 1. The van der Waals surface area contributed by atoms with Gasteiger partial charge < -0.3 is 0 Å². The molecule has 0 radical (unpaired) electrons.